The van der Waals surface area contributed by atoms with Crippen LogP contribution >= 0.6 is 0 Å². The van der Waals surface area contributed by atoms with Crippen LogP contribution in [0.1, 0.15) is 29.8 Å². The highest BCUT2D eigenvalue weighted by Gasteiger charge is 2.25. The number of oxazole rings is 1. The number of aliphatic hydroxyl groups is 1. The summed E-state index contributed by atoms with van der Waals surface area (Å²) in [6, 6.07) is 9.44. The Kier molecular flexibility index (Phi) is 4.01. The highest BCUT2D eigenvalue weighted by molar-refractivity contribution is 5.92. The highest BCUT2D eigenvalue weighted by atomic mass is 16.3. The molecule has 0 spiro atoms. The molecular weight excluding hydrogens is 268 g/mol. The van der Waals surface area contributed by atoms with Crippen LogP contribution < -0.4 is 5.32 Å². The first-order valence-electron chi connectivity index (χ1n) is 7.21. The molecule has 1 aromatic heterocycles. The Morgan fingerprint density at radius 3 is 2.86 bits per heavy atom. The van der Waals surface area contributed by atoms with Gasteiger partial charge in [-0.3, -0.25) is 4.79 Å². The van der Waals surface area contributed by atoms with E-state index in [9.17, 15) is 9.90 Å². The Bertz CT molecular complexity index is 609. The lowest BCUT2D eigenvalue weighted by Gasteiger charge is -2.14. The van der Waals surface area contributed by atoms with Crippen LogP contribution in [-0.4, -0.2) is 28.6 Å². The van der Waals surface area contributed by atoms with Crippen LogP contribution in [0.15, 0.2) is 41.0 Å². The summed E-state index contributed by atoms with van der Waals surface area (Å²) in [7, 11) is 0. The Labute approximate surface area is 123 Å². The van der Waals surface area contributed by atoms with Gasteiger partial charge in [-0.05, 0) is 25.0 Å². The topological polar surface area (TPSA) is 75.4 Å². The van der Waals surface area contributed by atoms with Crippen molar-refractivity contribution < 1.29 is 14.3 Å². The van der Waals surface area contributed by atoms with Gasteiger partial charge in [-0.1, -0.05) is 24.6 Å². The first kappa shape index (κ1) is 13.8. The molecule has 1 heterocycles. The van der Waals surface area contributed by atoms with Crippen LogP contribution in [0.5, 0.6) is 0 Å². The van der Waals surface area contributed by atoms with Crippen molar-refractivity contribution in [3.63, 3.8) is 0 Å². The Morgan fingerprint density at radius 2 is 2.14 bits per heavy atom. The number of aromatic nitrogens is 1. The molecule has 0 radical (unpaired) electrons. The second-order valence-electron chi connectivity index (χ2n) is 5.37. The van der Waals surface area contributed by atoms with E-state index in [0.717, 1.165) is 24.8 Å². The third-order valence-corrected chi connectivity index (χ3v) is 3.90. The summed E-state index contributed by atoms with van der Waals surface area (Å²) in [6.07, 6.45) is 3.85. The van der Waals surface area contributed by atoms with E-state index in [1.165, 1.54) is 6.26 Å². The Balaban J connectivity index is 1.62. The van der Waals surface area contributed by atoms with E-state index < -0.39 is 0 Å². The minimum absolute atomic E-state index is 0.148. The van der Waals surface area contributed by atoms with Gasteiger partial charge in [0.2, 0.25) is 5.89 Å². The van der Waals surface area contributed by atoms with E-state index in [4.69, 9.17) is 4.42 Å². The number of nitrogens with one attached hydrogen (secondary N) is 1. The summed E-state index contributed by atoms with van der Waals surface area (Å²) in [5.74, 6) is 0.316. The number of hydrogen-bond donors (Lipinski definition) is 2. The van der Waals surface area contributed by atoms with Crippen molar-refractivity contribution in [2.45, 2.75) is 25.4 Å². The predicted octanol–water partition coefficient (Wildman–Crippen LogP) is 2.23. The molecule has 1 amide bonds. The van der Waals surface area contributed by atoms with Gasteiger partial charge in [0.05, 0.1) is 6.10 Å². The minimum Gasteiger partial charge on any atom is -0.444 e. The van der Waals surface area contributed by atoms with Crippen molar-refractivity contribution in [1.29, 1.82) is 0 Å². The molecule has 3 rings (SSSR count). The maximum Gasteiger partial charge on any atom is 0.273 e. The first-order chi connectivity index (χ1) is 10.2. The maximum absolute atomic E-state index is 12.0. The number of rotatable bonds is 4. The maximum atomic E-state index is 12.0. The van der Waals surface area contributed by atoms with Gasteiger partial charge >= 0.3 is 0 Å². The van der Waals surface area contributed by atoms with E-state index >= 15 is 0 Å². The van der Waals surface area contributed by atoms with E-state index in [-0.39, 0.29) is 23.6 Å². The van der Waals surface area contributed by atoms with Gasteiger partial charge < -0.3 is 14.8 Å². The van der Waals surface area contributed by atoms with Crippen LogP contribution in [0.25, 0.3) is 11.5 Å². The molecule has 2 N–H and O–H groups in total. The van der Waals surface area contributed by atoms with Crippen molar-refractivity contribution in [3.8, 4) is 11.5 Å². The molecule has 2 unspecified atom stereocenters. The van der Waals surface area contributed by atoms with Crippen molar-refractivity contribution in [2.75, 3.05) is 6.54 Å². The lowest BCUT2D eigenvalue weighted by atomic mass is 10.1. The van der Waals surface area contributed by atoms with Gasteiger partial charge in [-0.25, -0.2) is 4.98 Å². The molecule has 0 bridgehead atoms. The molecule has 1 aromatic carbocycles. The largest absolute Gasteiger partial charge is 0.444 e. The molecule has 5 heteroatoms. The van der Waals surface area contributed by atoms with Gasteiger partial charge in [-0.2, -0.15) is 0 Å². The lowest BCUT2D eigenvalue weighted by Crippen LogP contribution is -2.32. The predicted molar refractivity (Wildman–Crippen MR) is 77.6 cm³/mol. The van der Waals surface area contributed by atoms with Gasteiger partial charge in [-0.15, -0.1) is 0 Å². The summed E-state index contributed by atoms with van der Waals surface area (Å²) < 4.78 is 5.34. The molecule has 0 aliphatic heterocycles. The number of nitrogens with zero attached hydrogens (tertiary/aromatic N) is 1. The van der Waals surface area contributed by atoms with E-state index in [1.807, 2.05) is 30.3 Å². The van der Waals surface area contributed by atoms with Gasteiger partial charge in [0.15, 0.2) is 5.69 Å². The van der Waals surface area contributed by atoms with Crippen LogP contribution in [0, 0.1) is 5.92 Å². The second-order valence-corrected chi connectivity index (χ2v) is 5.37. The standard InChI is InChI=1S/C16H18N2O3/c19-14-8-4-7-12(14)9-17-15(20)13-10-21-16(18-13)11-5-2-1-3-6-11/h1-3,5-6,10,12,14,19H,4,7-9H2,(H,17,20). The van der Waals surface area contributed by atoms with Crippen LogP contribution in [-0.2, 0) is 0 Å². The Morgan fingerprint density at radius 1 is 1.33 bits per heavy atom. The third kappa shape index (κ3) is 3.13. The molecule has 2 atom stereocenters. The van der Waals surface area contributed by atoms with Crippen LogP contribution in [0.4, 0.5) is 0 Å². The van der Waals surface area contributed by atoms with Gasteiger partial charge in [0, 0.05) is 18.0 Å². The average Bonchev–Trinajstić information content (AvgIpc) is 3.15. The monoisotopic (exact) mass is 286 g/mol. The quantitative estimate of drug-likeness (QED) is 0.903. The molecule has 110 valence electrons. The molecule has 21 heavy (non-hydrogen) atoms. The molecule has 0 saturated heterocycles. The SMILES string of the molecule is O=C(NCC1CCCC1O)c1coc(-c2ccccc2)n1. The summed E-state index contributed by atoms with van der Waals surface area (Å²) in [6.45, 7) is 0.480. The smallest absolute Gasteiger partial charge is 0.273 e. The summed E-state index contributed by atoms with van der Waals surface area (Å²) in [5.41, 5.74) is 1.10. The van der Waals surface area contributed by atoms with Crippen molar-refractivity contribution in [1.82, 2.24) is 10.3 Å². The summed E-state index contributed by atoms with van der Waals surface area (Å²) >= 11 is 0. The number of amides is 1. The fourth-order valence-electron chi connectivity index (χ4n) is 2.66. The molecule has 1 saturated carbocycles. The molecular formula is C16H18N2O3. The number of hydrogen-bond acceptors (Lipinski definition) is 4. The third-order valence-electron chi connectivity index (χ3n) is 3.90. The van der Waals surface area contributed by atoms with Crippen molar-refractivity contribution >= 4 is 5.91 Å². The summed E-state index contributed by atoms with van der Waals surface area (Å²) in [5, 5.41) is 12.6. The number of carbonyl (C=O) groups is 1. The van der Waals surface area contributed by atoms with Gasteiger partial charge in [0.1, 0.15) is 6.26 Å². The van der Waals surface area contributed by atoms with Crippen LogP contribution in [0.3, 0.4) is 0 Å². The zero-order valence-electron chi connectivity index (χ0n) is 11.7. The Hall–Kier alpha value is -2.14. The normalized spacial score (nSPS) is 21.4. The lowest BCUT2D eigenvalue weighted by molar-refractivity contribution is 0.0912. The molecule has 1 aliphatic carbocycles. The summed E-state index contributed by atoms with van der Waals surface area (Å²) in [4.78, 5) is 16.2. The van der Waals surface area contributed by atoms with Gasteiger partial charge in [0.25, 0.3) is 5.91 Å². The van der Waals surface area contributed by atoms with Crippen molar-refractivity contribution in [2.24, 2.45) is 5.92 Å². The van der Waals surface area contributed by atoms with Crippen molar-refractivity contribution in [3.05, 3.63) is 42.3 Å². The molecule has 2 aromatic rings. The number of aliphatic hydroxyl groups excluding tert-OH is 1. The minimum atomic E-state index is -0.303. The fourth-order valence-corrected chi connectivity index (χ4v) is 2.66. The fraction of sp³-hybridized carbons (Fsp3) is 0.375. The molecule has 5 nitrogen and oxygen atoms in total. The zero-order valence-corrected chi connectivity index (χ0v) is 11.7. The van der Waals surface area contributed by atoms with E-state index in [1.54, 1.807) is 0 Å². The highest BCUT2D eigenvalue weighted by Crippen LogP contribution is 2.24. The molecule has 1 aliphatic rings. The first-order valence-corrected chi connectivity index (χ1v) is 7.21. The number of carbonyl (C=O) groups excluding carboxylic acids is 1. The second kappa shape index (κ2) is 6.10. The van der Waals surface area contributed by atoms with E-state index in [2.05, 4.69) is 10.3 Å². The average molecular weight is 286 g/mol. The van der Waals surface area contributed by atoms with Crippen LogP contribution in [0.2, 0.25) is 0 Å². The molecule has 1 fully saturated rings. The zero-order chi connectivity index (χ0) is 14.7. The van der Waals surface area contributed by atoms with E-state index in [0.29, 0.717) is 12.4 Å². The number of benzene rings is 1.